The maximum Gasteiger partial charge on any atom is 0.410 e. The van der Waals surface area contributed by atoms with Gasteiger partial charge in [-0.05, 0) is 72.3 Å². The van der Waals surface area contributed by atoms with Crippen molar-refractivity contribution in [1.82, 2.24) is 24.8 Å². The van der Waals surface area contributed by atoms with Crippen molar-refractivity contribution in [1.29, 1.82) is 0 Å². The van der Waals surface area contributed by atoms with E-state index < -0.39 is 17.5 Å². The molecule has 0 N–H and O–H groups in total. The number of aromatic nitrogens is 3. The van der Waals surface area contributed by atoms with Crippen LogP contribution in [0.25, 0.3) is 10.9 Å². The van der Waals surface area contributed by atoms with E-state index in [2.05, 4.69) is 26.7 Å². The zero-order valence-corrected chi connectivity index (χ0v) is 25.1. The summed E-state index contributed by atoms with van der Waals surface area (Å²) in [4.78, 5) is 33.6. The van der Waals surface area contributed by atoms with Crippen LogP contribution in [0.2, 0.25) is 5.15 Å². The van der Waals surface area contributed by atoms with Crippen molar-refractivity contribution in [3.05, 3.63) is 11.0 Å². The van der Waals surface area contributed by atoms with E-state index in [0.717, 1.165) is 45.2 Å². The molecule has 41 heavy (non-hydrogen) atoms. The predicted octanol–water partition coefficient (Wildman–Crippen LogP) is 4.81. The van der Waals surface area contributed by atoms with Crippen LogP contribution < -0.4 is 14.4 Å². The van der Waals surface area contributed by atoms with E-state index in [0.29, 0.717) is 30.3 Å². The molecule has 0 saturated carbocycles. The first-order valence-corrected chi connectivity index (χ1v) is 15.2. The van der Waals surface area contributed by atoms with Crippen LogP contribution in [-0.2, 0) is 4.74 Å². The van der Waals surface area contributed by atoms with Crippen LogP contribution in [0.5, 0.6) is 11.9 Å². The number of pyridine rings is 1. The van der Waals surface area contributed by atoms with Crippen LogP contribution >= 0.6 is 11.6 Å². The van der Waals surface area contributed by atoms with Crippen molar-refractivity contribution in [2.45, 2.75) is 102 Å². The van der Waals surface area contributed by atoms with E-state index >= 15 is 4.39 Å². The van der Waals surface area contributed by atoms with Crippen molar-refractivity contribution in [3.63, 3.8) is 0 Å². The molecule has 0 spiro atoms. The Labute approximate surface area is 244 Å². The van der Waals surface area contributed by atoms with Crippen LogP contribution in [0.3, 0.4) is 0 Å². The third-order valence-corrected chi connectivity index (χ3v) is 9.76. The Bertz CT molecular complexity index is 1410. The lowest BCUT2D eigenvalue weighted by Gasteiger charge is -2.48. The first kappa shape index (κ1) is 27.2. The van der Waals surface area contributed by atoms with Gasteiger partial charge in [-0.3, -0.25) is 9.80 Å². The monoisotopic (exact) mass is 588 g/mol. The fraction of sp³-hybridized carbons (Fsp3) is 0.724. The number of piperazine rings is 1. The molecule has 1 unspecified atom stereocenters. The van der Waals surface area contributed by atoms with Gasteiger partial charge in [0, 0.05) is 13.1 Å². The summed E-state index contributed by atoms with van der Waals surface area (Å²) in [5, 5.41) is 0.0751. The number of amides is 1. The van der Waals surface area contributed by atoms with Gasteiger partial charge in [0.15, 0.2) is 11.0 Å². The zero-order valence-electron chi connectivity index (χ0n) is 24.3. The van der Waals surface area contributed by atoms with E-state index in [4.69, 9.17) is 30.8 Å². The molecule has 2 bridgehead atoms. The summed E-state index contributed by atoms with van der Waals surface area (Å²) < 4.78 is 34.0. The molecule has 1 amide bonds. The average molecular weight is 589 g/mol. The molecular formula is C29H38ClFN6O4. The number of hydrogen-bond donors (Lipinski definition) is 0. The summed E-state index contributed by atoms with van der Waals surface area (Å²) in [6.45, 7) is 12.9. The number of halogens is 2. The smallest absolute Gasteiger partial charge is 0.410 e. The predicted molar refractivity (Wildman–Crippen MR) is 151 cm³/mol. The number of anilines is 1. The Morgan fingerprint density at radius 3 is 2.78 bits per heavy atom. The Balaban J connectivity index is 1.28. The summed E-state index contributed by atoms with van der Waals surface area (Å²) >= 11 is 6.26. The standard InChI is InChI=1S/C29H38ClFN6O4/c1-15-11-29(9-6-10-35(29)12-15)14-39-26-32-21-19-24(34-26)36-13-17-7-8-18(37(17)27(38)41-28(3,4)5)22(36)16(2)40-25(19)33-23(30)20(21)31/h15-18,22H,6-14H2,1-5H3/t15-,16+,17-,18+,22?,29+/m1/s1. The number of ether oxygens (including phenoxy) is 3. The minimum absolute atomic E-state index is 0.0373. The second-order valence-corrected chi connectivity index (χ2v) is 14.0. The summed E-state index contributed by atoms with van der Waals surface area (Å²) in [7, 11) is 0. The Kier molecular flexibility index (Phi) is 6.25. The highest BCUT2D eigenvalue weighted by atomic mass is 35.5. The Morgan fingerprint density at radius 2 is 2.00 bits per heavy atom. The SMILES string of the molecule is C[C@H]1CN2CCC[C@@]2(COc2nc3c4c(nc(Cl)c(F)c4n2)O[C@@H](C)C2[C@@H]4CC[C@H](CN32)N4C(=O)OC(C)(C)C)C1. The van der Waals surface area contributed by atoms with Gasteiger partial charge in [-0.25, -0.2) is 9.18 Å². The molecule has 10 nitrogen and oxygen atoms in total. The van der Waals surface area contributed by atoms with E-state index in [1.807, 2.05) is 32.6 Å². The third-order valence-electron chi connectivity index (χ3n) is 9.51. The molecule has 2 aromatic heterocycles. The van der Waals surface area contributed by atoms with Gasteiger partial charge in [-0.1, -0.05) is 18.5 Å². The maximum atomic E-state index is 15.6. The van der Waals surface area contributed by atoms with Gasteiger partial charge in [0.1, 0.15) is 35.0 Å². The lowest BCUT2D eigenvalue weighted by Crippen LogP contribution is -2.65. The third kappa shape index (κ3) is 4.37. The normalized spacial score (nSPS) is 32.5. The van der Waals surface area contributed by atoms with E-state index in [9.17, 15) is 4.79 Å². The summed E-state index contributed by atoms with van der Waals surface area (Å²) in [6.07, 6.45) is 4.17. The Morgan fingerprint density at radius 1 is 1.20 bits per heavy atom. The van der Waals surface area contributed by atoms with Gasteiger partial charge >= 0.3 is 12.1 Å². The van der Waals surface area contributed by atoms with Crippen LogP contribution in [0.1, 0.15) is 66.7 Å². The topological polar surface area (TPSA) is 93.2 Å². The maximum absolute atomic E-state index is 15.6. The molecule has 5 aliphatic rings. The average Bonchev–Trinajstić information content (AvgIpc) is 3.49. The molecule has 0 aliphatic carbocycles. The van der Waals surface area contributed by atoms with Crippen molar-refractivity contribution in [2.24, 2.45) is 5.92 Å². The molecule has 6 atom stereocenters. The first-order chi connectivity index (χ1) is 19.4. The Hall–Kier alpha value is -2.66. The van der Waals surface area contributed by atoms with E-state index in [-0.39, 0.29) is 52.3 Å². The van der Waals surface area contributed by atoms with Crippen molar-refractivity contribution >= 4 is 34.4 Å². The second kappa shape index (κ2) is 9.42. The van der Waals surface area contributed by atoms with Gasteiger partial charge in [-0.15, -0.1) is 0 Å². The molecule has 2 aromatic rings. The van der Waals surface area contributed by atoms with Crippen LogP contribution in [-0.4, -0.2) is 92.5 Å². The largest absolute Gasteiger partial charge is 0.472 e. The van der Waals surface area contributed by atoms with Gasteiger partial charge in [0.2, 0.25) is 5.88 Å². The molecule has 5 aliphatic heterocycles. The minimum Gasteiger partial charge on any atom is -0.472 e. The number of fused-ring (bicyclic) bond motifs is 6. The highest BCUT2D eigenvalue weighted by molar-refractivity contribution is 6.30. The van der Waals surface area contributed by atoms with Crippen LogP contribution in [0, 0.1) is 11.7 Å². The van der Waals surface area contributed by atoms with Gasteiger partial charge in [0.25, 0.3) is 0 Å². The lowest BCUT2D eigenvalue weighted by atomic mass is 9.92. The molecular weight excluding hydrogens is 551 g/mol. The summed E-state index contributed by atoms with van der Waals surface area (Å²) in [6, 6.07) is -0.391. The molecule has 0 radical (unpaired) electrons. The number of rotatable bonds is 3. The van der Waals surface area contributed by atoms with Gasteiger partial charge < -0.3 is 19.1 Å². The molecule has 7 heterocycles. The van der Waals surface area contributed by atoms with Gasteiger partial charge in [-0.2, -0.15) is 15.0 Å². The lowest BCUT2D eigenvalue weighted by molar-refractivity contribution is 0.000935. The number of hydrogen-bond acceptors (Lipinski definition) is 9. The highest BCUT2D eigenvalue weighted by Gasteiger charge is 2.54. The minimum atomic E-state index is -0.723. The molecule has 4 fully saturated rings. The highest BCUT2D eigenvalue weighted by Crippen LogP contribution is 2.47. The zero-order chi connectivity index (χ0) is 28.8. The molecule has 4 saturated heterocycles. The second-order valence-electron chi connectivity index (χ2n) is 13.6. The van der Waals surface area contributed by atoms with E-state index in [1.54, 1.807) is 0 Å². The van der Waals surface area contributed by atoms with Crippen LogP contribution in [0.15, 0.2) is 0 Å². The summed E-state index contributed by atoms with van der Waals surface area (Å²) in [5.41, 5.74) is -0.608. The van der Waals surface area contributed by atoms with Crippen LogP contribution in [0.4, 0.5) is 15.0 Å². The fourth-order valence-corrected chi connectivity index (χ4v) is 8.24. The molecule has 7 rings (SSSR count). The van der Waals surface area contributed by atoms with Gasteiger partial charge in [0.05, 0.1) is 23.7 Å². The summed E-state index contributed by atoms with van der Waals surface area (Å²) in [5.74, 6) is 0.583. The molecule has 0 aromatic carbocycles. The van der Waals surface area contributed by atoms with Crippen molar-refractivity contribution in [2.75, 3.05) is 31.1 Å². The molecule has 12 heteroatoms. The first-order valence-electron chi connectivity index (χ1n) is 14.8. The van der Waals surface area contributed by atoms with Crippen molar-refractivity contribution < 1.29 is 23.4 Å². The number of carbonyl (C=O) groups is 1. The number of carbonyl (C=O) groups excluding carboxylic acids is 1. The molecule has 222 valence electrons. The number of nitrogens with zero attached hydrogens (tertiary/aromatic N) is 6. The quantitative estimate of drug-likeness (QED) is 0.468. The van der Waals surface area contributed by atoms with Crippen molar-refractivity contribution in [3.8, 4) is 11.9 Å². The fourth-order valence-electron chi connectivity index (χ4n) is 8.08. The van der Waals surface area contributed by atoms with E-state index in [1.165, 1.54) is 0 Å².